The average Bonchev–Trinajstić information content (AvgIpc) is 3.38. The van der Waals surface area contributed by atoms with Crippen molar-refractivity contribution in [2.24, 2.45) is 11.8 Å². The molecule has 0 bridgehead atoms. The fourth-order valence-corrected chi connectivity index (χ4v) is 3.50. The van der Waals surface area contributed by atoms with E-state index in [1.165, 1.54) is 0 Å². The number of benzene rings is 1. The number of hydrogen-bond donors (Lipinski definition) is 1. The third-order valence-corrected chi connectivity index (χ3v) is 5.30. The third kappa shape index (κ3) is 3.46. The van der Waals surface area contributed by atoms with Crippen LogP contribution < -0.4 is 5.32 Å². The van der Waals surface area contributed by atoms with E-state index in [1.807, 2.05) is 36.9 Å². The number of amides is 2. The van der Waals surface area contributed by atoms with Gasteiger partial charge in [-0.25, -0.2) is 0 Å². The number of rotatable bonds is 4. The lowest BCUT2D eigenvalue weighted by atomic mass is 10.1. The second-order valence-electron chi connectivity index (χ2n) is 6.96. The number of likely N-dealkylation sites (N-methyl/N-ethyl adjacent to an activating group) is 1. The molecule has 2 aliphatic rings. The first-order chi connectivity index (χ1) is 11.5. The summed E-state index contributed by atoms with van der Waals surface area (Å²) < 4.78 is 0. The Kier molecular flexibility index (Phi) is 4.90. The van der Waals surface area contributed by atoms with Crippen molar-refractivity contribution in [3.8, 4) is 0 Å². The number of piperazine rings is 1. The number of nitrogens with one attached hydrogen (secondary N) is 1. The fourth-order valence-electron chi connectivity index (χ4n) is 3.50. The summed E-state index contributed by atoms with van der Waals surface area (Å²) in [7, 11) is 0. The van der Waals surface area contributed by atoms with Crippen molar-refractivity contribution in [3.05, 3.63) is 29.3 Å². The molecule has 1 aliphatic heterocycles. The maximum Gasteiger partial charge on any atom is 0.228 e. The van der Waals surface area contributed by atoms with Gasteiger partial charge >= 0.3 is 0 Å². The molecule has 1 heterocycles. The molecule has 2 fully saturated rings. The van der Waals surface area contributed by atoms with Gasteiger partial charge in [0, 0.05) is 31.9 Å². The zero-order chi connectivity index (χ0) is 17.3. The Morgan fingerprint density at radius 2 is 1.71 bits per heavy atom. The molecular weight excluding hydrogens is 302 g/mol. The zero-order valence-electron chi connectivity index (χ0n) is 14.8. The van der Waals surface area contributed by atoms with Crippen molar-refractivity contribution < 1.29 is 9.59 Å². The van der Waals surface area contributed by atoms with E-state index < -0.39 is 0 Å². The summed E-state index contributed by atoms with van der Waals surface area (Å²) in [5.41, 5.74) is 3.00. The molecule has 0 radical (unpaired) electrons. The van der Waals surface area contributed by atoms with E-state index in [9.17, 15) is 9.59 Å². The molecule has 1 aromatic rings. The summed E-state index contributed by atoms with van der Waals surface area (Å²) in [6.45, 7) is 10.6. The van der Waals surface area contributed by atoms with Gasteiger partial charge in [0.1, 0.15) is 0 Å². The lowest BCUT2D eigenvalue weighted by molar-refractivity contribution is -0.135. The van der Waals surface area contributed by atoms with Gasteiger partial charge in [0.05, 0.1) is 11.8 Å². The summed E-state index contributed by atoms with van der Waals surface area (Å²) >= 11 is 0. The highest BCUT2D eigenvalue weighted by atomic mass is 16.2. The topological polar surface area (TPSA) is 52.7 Å². The van der Waals surface area contributed by atoms with Crippen LogP contribution in [0.2, 0.25) is 0 Å². The Bertz CT molecular complexity index is 615. The molecule has 2 unspecified atom stereocenters. The van der Waals surface area contributed by atoms with Crippen LogP contribution in [0.5, 0.6) is 0 Å². The van der Waals surface area contributed by atoms with E-state index in [1.54, 1.807) is 0 Å². The molecule has 0 spiro atoms. The minimum atomic E-state index is -0.166. The van der Waals surface area contributed by atoms with Crippen molar-refractivity contribution >= 4 is 17.5 Å². The van der Waals surface area contributed by atoms with Gasteiger partial charge in [-0.15, -0.1) is 0 Å². The van der Waals surface area contributed by atoms with Gasteiger partial charge in [-0.3, -0.25) is 9.59 Å². The smallest absolute Gasteiger partial charge is 0.228 e. The van der Waals surface area contributed by atoms with Crippen LogP contribution in [0, 0.1) is 25.7 Å². The summed E-state index contributed by atoms with van der Waals surface area (Å²) in [5, 5.41) is 3.03. The Balaban J connectivity index is 1.55. The molecule has 2 atom stereocenters. The first-order valence-electron chi connectivity index (χ1n) is 8.89. The summed E-state index contributed by atoms with van der Waals surface area (Å²) in [6, 6.07) is 5.97. The van der Waals surface area contributed by atoms with E-state index in [0.717, 1.165) is 49.5 Å². The lowest BCUT2D eigenvalue weighted by Crippen LogP contribution is -2.49. The lowest BCUT2D eigenvalue weighted by Gasteiger charge is -2.34. The standard InChI is InChI=1S/C19H27N3O2/c1-4-21-8-10-22(11-9-21)19(24)16-12-15(16)18(23)20-17-13(2)6-5-7-14(17)3/h5-7,15-16H,4,8-12H2,1-3H3,(H,20,23). The molecule has 1 saturated heterocycles. The molecule has 5 heteroatoms. The van der Waals surface area contributed by atoms with E-state index in [0.29, 0.717) is 6.42 Å². The molecule has 1 saturated carbocycles. The number of aryl methyl sites for hydroxylation is 2. The summed E-state index contributed by atoms with van der Waals surface area (Å²) in [4.78, 5) is 29.4. The number of nitrogens with zero attached hydrogens (tertiary/aromatic N) is 2. The summed E-state index contributed by atoms with van der Waals surface area (Å²) in [5.74, 6) is -0.145. The van der Waals surface area contributed by atoms with Gasteiger partial charge in [0.2, 0.25) is 11.8 Å². The predicted octanol–water partition coefficient (Wildman–Crippen LogP) is 2.04. The van der Waals surface area contributed by atoms with Gasteiger partial charge < -0.3 is 15.1 Å². The monoisotopic (exact) mass is 329 g/mol. The van der Waals surface area contributed by atoms with E-state index in [2.05, 4.69) is 17.1 Å². The first kappa shape index (κ1) is 17.0. The Hall–Kier alpha value is -1.88. The number of hydrogen-bond acceptors (Lipinski definition) is 3. The minimum Gasteiger partial charge on any atom is -0.340 e. The normalized spacial score (nSPS) is 23.9. The number of para-hydroxylation sites is 1. The van der Waals surface area contributed by atoms with Crippen LogP contribution in [-0.2, 0) is 9.59 Å². The van der Waals surface area contributed by atoms with Gasteiger partial charge in [-0.1, -0.05) is 25.1 Å². The quantitative estimate of drug-likeness (QED) is 0.920. The van der Waals surface area contributed by atoms with Crippen molar-refractivity contribution in [3.63, 3.8) is 0 Å². The van der Waals surface area contributed by atoms with Crippen LogP contribution in [0.3, 0.4) is 0 Å². The van der Waals surface area contributed by atoms with Crippen LogP contribution >= 0.6 is 0 Å². The highest BCUT2D eigenvalue weighted by molar-refractivity contribution is 6.00. The molecular formula is C19H27N3O2. The van der Waals surface area contributed by atoms with E-state index in [-0.39, 0.29) is 23.7 Å². The second-order valence-corrected chi connectivity index (χ2v) is 6.96. The van der Waals surface area contributed by atoms with Crippen LogP contribution in [-0.4, -0.2) is 54.3 Å². The van der Waals surface area contributed by atoms with Crippen LogP contribution in [0.25, 0.3) is 0 Å². The zero-order valence-corrected chi connectivity index (χ0v) is 14.8. The summed E-state index contributed by atoms with van der Waals surface area (Å²) in [6.07, 6.45) is 0.684. The first-order valence-corrected chi connectivity index (χ1v) is 8.89. The highest BCUT2D eigenvalue weighted by Crippen LogP contribution is 2.41. The molecule has 0 aromatic heterocycles. The maximum absolute atomic E-state index is 12.6. The van der Waals surface area contributed by atoms with Gasteiger partial charge in [0.15, 0.2) is 0 Å². The van der Waals surface area contributed by atoms with Gasteiger partial charge in [0.25, 0.3) is 0 Å². The molecule has 24 heavy (non-hydrogen) atoms. The highest BCUT2D eigenvalue weighted by Gasteiger charge is 2.49. The predicted molar refractivity (Wildman–Crippen MR) is 94.8 cm³/mol. The molecule has 3 rings (SSSR count). The number of carbonyl (C=O) groups is 2. The van der Waals surface area contributed by atoms with Crippen molar-refractivity contribution in [2.75, 3.05) is 38.0 Å². The van der Waals surface area contributed by atoms with Crippen LogP contribution in [0.15, 0.2) is 18.2 Å². The molecule has 1 aliphatic carbocycles. The van der Waals surface area contributed by atoms with E-state index >= 15 is 0 Å². The van der Waals surface area contributed by atoms with Crippen molar-refractivity contribution in [1.29, 1.82) is 0 Å². The molecule has 5 nitrogen and oxygen atoms in total. The minimum absolute atomic E-state index is 0.0158. The molecule has 2 amide bonds. The Labute approximate surface area is 144 Å². The number of anilines is 1. The van der Waals surface area contributed by atoms with Crippen molar-refractivity contribution in [2.45, 2.75) is 27.2 Å². The van der Waals surface area contributed by atoms with Crippen LogP contribution in [0.4, 0.5) is 5.69 Å². The fraction of sp³-hybridized carbons (Fsp3) is 0.579. The average molecular weight is 329 g/mol. The van der Waals surface area contributed by atoms with Gasteiger partial charge in [-0.2, -0.15) is 0 Å². The Morgan fingerprint density at radius 1 is 1.08 bits per heavy atom. The maximum atomic E-state index is 12.6. The van der Waals surface area contributed by atoms with E-state index in [4.69, 9.17) is 0 Å². The second kappa shape index (κ2) is 6.93. The largest absolute Gasteiger partial charge is 0.340 e. The third-order valence-electron chi connectivity index (χ3n) is 5.30. The van der Waals surface area contributed by atoms with Crippen LogP contribution in [0.1, 0.15) is 24.5 Å². The van der Waals surface area contributed by atoms with Gasteiger partial charge in [-0.05, 0) is 37.9 Å². The Morgan fingerprint density at radius 3 is 2.29 bits per heavy atom. The molecule has 130 valence electrons. The van der Waals surface area contributed by atoms with Crippen molar-refractivity contribution in [1.82, 2.24) is 9.80 Å². The molecule has 1 aromatic carbocycles. The molecule has 1 N–H and O–H groups in total. The SMILES string of the molecule is CCN1CCN(C(=O)C2CC2C(=O)Nc2c(C)cccc2C)CC1. The number of carbonyl (C=O) groups excluding carboxylic acids is 2.